The van der Waals surface area contributed by atoms with Crippen LogP contribution in [0.3, 0.4) is 0 Å². The second-order valence-electron chi connectivity index (χ2n) is 6.56. The fraction of sp³-hybridized carbons (Fsp3) is 1.00. The van der Waals surface area contributed by atoms with Crippen LogP contribution in [0.4, 0.5) is 0 Å². The Labute approximate surface area is 113 Å². The maximum Gasteiger partial charge on any atom is 0.0598 e. The van der Waals surface area contributed by atoms with Gasteiger partial charge in [0.25, 0.3) is 0 Å². The Balaban J connectivity index is 2.63. The van der Waals surface area contributed by atoms with Gasteiger partial charge < -0.3 is 10.5 Å². The van der Waals surface area contributed by atoms with Crippen molar-refractivity contribution in [3.05, 3.63) is 0 Å². The van der Waals surface area contributed by atoms with E-state index < -0.39 is 0 Å². The van der Waals surface area contributed by atoms with Crippen molar-refractivity contribution in [1.29, 1.82) is 0 Å². The molecule has 0 aromatic carbocycles. The van der Waals surface area contributed by atoms with E-state index in [2.05, 4.69) is 32.6 Å². The van der Waals surface area contributed by atoms with Crippen molar-refractivity contribution in [3.63, 3.8) is 0 Å². The van der Waals surface area contributed by atoms with E-state index in [4.69, 9.17) is 10.5 Å². The monoisotopic (exact) mass is 256 g/mol. The number of rotatable bonds is 6. The molecule has 3 heteroatoms. The number of methoxy groups -OCH3 is 1. The molecule has 0 aromatic rings. The van der Waals surface area contributed by atoms with E-state index in [0.717, 1.165) is 31.8 Å². The summed E-state index contributed by atoms with van der Waals surface area (Å²) < 4.78 is 5.50. The predicted molar refractivity (Wildman–Crippen MR) is 77.7 cm³/mol. The predicted octanol–water partition coefficient (Wildman–Crippen LogP) is 2.64. The third kappa shape index (κ3) is 3.94. The Hall–Kier alpha value is -0.120. The molecule has 1 rings (SSSR count). The van der Waals surface area contributed by atoms with Crippen LogP contribution < -0.4 is 5.73 Å². The van der Waals surface area contributed by atoms with Crippen LogP contribution in [0.1, 0.15) is 53.4 Å². The minimum atomic E-state index is 0.155. The minimum Gasteiger partial charge on any atom is -0.381 e. The lowest BCUT2D eigenvalue weighted by Crippen LogP contribution is -2.58. The van der Waals surface area contributed by atoms with E-state index in [0.29, 0.717) is 12.1 Å². The topological polar surface area (TPSA) is 38.5 Å². The van der Waals surface area contributed by atoms with Crippen LogP contribution in [0.2, 0.25) is 0 Å². The van der Waals surface area contributed by atoms with Gasteiger partial charge in [0.15, 0.2) is 0 Å². The van der Waals surface area contributed by atoms with Gasteiger partial charge in [0.1, 0.15) is 0 Å². The summed E-state index contributed by atoms with van der Waals surface area (Å²) in [4.78, 5) is 2.62. The van der Waals surface area contributed by atoms with Gasteiger partial charge in [0, 0.05) is 31.8 Å². The summed E-state index contributed by atoms with van der Waals surface area (Å²) in [5.41, 5.74) is 6.24. The van der Waals surface area contributed by atoms with Crippen LogP contribution in [-0.4, -0.2) is 42.8 Å². The Morgan fingerprint density at radius 3 is 2.56 bits per heavy atom. The zero-order valence-electron chi connectivity index (χ0n) is 12.9. The van der Waals surface area contributed by atoms with E-state index in [1.54, 1.807) is 0 Å². The molecule has 0 radical (unpaired) electrons. The molecule has 3 unspecified atom stereocenters. The smallest absolute Gasteiger partial charge is 0.0598 e. The van der Waals surface area contributed by atoms with E-state index >= 15 is 0 Å². The quantitative estimate of drug-likeness (QED) is 0.794. The van der Waals surface area contributed by atoms with Gasteiger partial charge in [-0.1, -0.05) is 13.8 Å². The number of nitrogens with two attached hydrogens (primary N) is 1. The normalized spacial score (nSPS) is 29.5. The van der Waals surface area contributed by atoms with Crippen LogP contribution in [0.5, 0.6) is 0 Å². The first-order chi connectivity index (χ1) is 8.42. The van der Waals surface area contributed by atoms with Crippen molar-refractivity contribution < 1.29 is 4.74 Å². The molecule has 1 aliphatic heterocycles. The first-order valence-corrected chi connectivity index (χ1v) is 7.42. The summed E-state index contributed by atoms with van der Waals surface area (Å²) in [6.45, 7) is 11.1. The van der Waals surface area contributed by atoms with Gasteiger partial charge in [-0.15, -0.1) is 0 Å². The first kappa shape index (κ1) is 15.9. The fourth-order valence-electron chi connectivity index (χ4n) is 3.11. The van der Waals surface area contributed by atoms with Gasteiger partial charge in [0.05, 0.1) is 6.10 Å². The van der Waals surface area contributed by atoms with Crippen LogP contribution in [0, 0.1) is 5.92 Å². The van der Waals surface area contributed by atoms with Crippen LogP contribution in [0.25, 0.3) is 0 Å². The Morgan fingerprint density at radius 2 is 2.11 bits per heavy atom. The number of ether oxygens (including phenoxy) is 1. The highest BCUT2D eigenvalue weighted by atomic mass is 16.5. The lowest BCUT2D eigenvalue weighted by Gasteiger charge is -2.48. The molecule has 0 amide bonds. The standard InChI is InChI=1S/C15H32N2O/c1-12(2)6-8-15(4,11-16)17-9-7-14(18-5)10-13(17)3/h12-14H,6-11,16H2,1-5H3. The highest BCUT2D eigenvalue weighted by molar-refractivity contribution is 4.93. The summed E-state index contributed by atoms with van der Waals surface area (Å²) >= 11 is 0. The Kier molecular flexibility index (Phi) is 6.09. The van der Waals surface area contributed by atoms with E-state index in [-0.39, 0.29) is 5.54 Å². The summed E-state index contributed by atoms with van der Waals surface area (Å²) in [5.74, 6) is 0.752. The molecule has 1 heterocycles. The highest BCUT2D eigenvalue weighted by Crippen LogP contribution is 2.30. The Bertz CT molecular complexity index is 245. The van der Waals surface area contributed by atoms with Crippen LogP contribution in [-0.2, 0) is 4.74 Å². The zero-order valence-corrected chi connectivity index (χ0v) is 12.9. The number of nitrogens with zero attached hydrogens (tertiary/aromatic N) is 1. The molecule has 18 heavy (non-hydrogen) atoms. The van der Waals surface area contributed by atoms with Crippen LogP contribution >= 0.6 is 0 Å². The van der Waals surface area contributed by atoms with Gasteiger partial charge in [-0.3, -0.25) is 4.90 Å². The Morgan fingerprint density at radius 1 is 1.44 bits per heavy atom. The van der Waals surface area contributed by atoms with Gasteiger partial charge in [-0.2, -0.15) is 0 Å². The molecule has 0 aromatic heterocycles. The lowest BCUT2D eigenvalue weighted by molar-refractivity contribution is -0.0318. The maximum atomic E-state index is 6.08. The second-order valence-corrected chi connectivity index (χ2v) is 6.56. The van der Waals surface area contributed by atoms with Gasteiger partial charge in [-0.05, 0) is 45.4 Å². The molecule has 0 aliphatic carbocycles. The van der Waals surface area contributed by atoms with Gasteiger partial charge >= 0.3 is 0 Å². The van der Waals surface area contributed by atoms with Crippen LogP contribution in [0.15, 0.2) is 0 Å². The van der Waals surface area contributed by atoms with Gasteiger partial charge in [0.2, 0.25) is 0 Å². The fourth-order valence-corrected chi connectivity index (χ4v) is 3.11. The summed E-state index contributed by atoms with van der Waals surface area (Å²) in [7, 11) is 1.83. The number of hydrogen-bond donors (Lipinski definition) is 1. The van der Waals surface area contributed by atoms with E-state index in [1.807, 2.05) is 7.11 Å². The van der Waals surface area contributed by atoms with E-state index in [1.165, 1.54) is 12.8 Å². The molecule has 3 atom stereocenters. The van der Waals surface area contributed by atoms with Crippen molar-refractivity contribution in [2.45, 2.75) is 71.1 Å². The van der Waals surface area contributed by atoms with Crippen molar-refractivity contribution in [2.24, 2.45) is 11.7 Å². The third-order valence-electron chi connectivity index (χ3n) is 4.55. The largest absolute Gasteiger partial charge is 0.381 e. The molecular weight excluding hydrogens is 224 g/mol. The molecule has 108 valence electrons. The second kappa shape index (κ2) is 6.88. The molecule has 0 saturated carbocycles. The SMILES string of the molecule is COC1CCN(C(C)(CN)CCC(C)C)C(C)C1. The molecule has 0 bridgehead atoms. The van der Waals surface area contributed by atoms with Crippen molar-refractivity contribution in [1.82, 2.24) is 4.90 Å². The van der Waals surface area contributed by atoms with Gasteiger partial charge in [-0.25, -0.2) is 0 Å². The first-order valence-electron chi connectivity index (χ1n) is 7.42. The third-order valence-corrected chi connectivity index (χ3v) is 4.55. The van der Waals surface area contributed by atoms with Crippen molar-refractivity contribution in [2.75, 3.05) is 20.2 Å². The lowest BCUT2D eigenvalue weighted by atomic mass is 9.86. The molecule has 0 spiro atoms. The molecule has 1 saturated heterocycles. The average Bonchev–Trinajstić information content (AvgIpc) is 2.35. The molecule has 3 nitrogen and oxygen atoms in total. The molecule has 1 fully saturated rings. The van der Waals surface area contributed by atoms with E-state index in [9.17, 15) is 0 Å². The minimum absolute atomic E-state index is 0.155. The number of likely N-dealkylation sites (tertiary alicyclic amines) is 1. The average molecular weight is 256 g/mol. The molecule has 1 aliphatic rings. The molecule has 2 N–H and O–H groups in total. The summed E-state index contributed by atoms with van der Waals surface area (Å²) in [6.07, 6.45) is 5.16. The highest BCUT2D eigenvalue weighted by Gasteiger charge is 2.37. The molecular formula is C15H32N2O. The number of hydrogen-bond acceptors (Lipinski definition) is 3. The zero-order chi connectivity index (χ0) is 13.8. The summed E-state index contributed by atoms with van der Waals surface area (Å²) in [6, 6.07) is 0.574. The summed E-state index contributed by atoms with van der Waals surface area (Å²) in [5, 5.41) is 0. The van der Waals surface area contributed by atoms with Crippen molar-refractivity contribution in [3.8, 4) is 0 Å². The maximum absolute atomic E-state index is 6.08. The van der Waals surface area contributed by atoms with Crippen molar-refractivity contribution >= 4 is 0 Å². The number of piperidine rings is 1.